The molecule has 0 bridgehead atoms. The first-order chi connectivity index (χ1) is 14.4. The maximum atomic E-state index is 13.3. The standard InChI is InChI=1S/C23H34N4O3/c1-4-16(2)20(25-21(28)18-9-8-10-18)22(29)26-13-14-27(17(3)15-26)23(30)24-19-11-6-5-7-12-19/h5-7,11-12,16-18,20H,4,8-10,13-15H2,1-3H3,(H,24,30)(H,25,28). The summed E-state index contributed by atoms with van der Waals surface area (Å²) in [5, 5.41) is 5.94. The van der Waals surface area contributed by atoms with Crippen LogP contribution in [0.5, 0.6) is 0 Å². The average molecular weight is 415 g/mol. The molecule has 3 rings (SSSR count). The Kier molecular flexibility index (Phi) is 7.34. The summed E-state index contributed by atoms with van der Waals surface area (Å²) < 4.78 is 0. The lowest BCUT2D eigenvalue weighted by molar-refractivity contribution is -0.141. The van der Waals surface area contributed by atoms with Gasteiger partial charge in [0.25, 0.3) is 0 Å². The summed E-state index contributed by atoms with van der Waals surface area (Å²) in [5.74, 6) is 0.0962. The Morgan fingerprint density at radius 3 is 2.40 bits per heavy atom. The highest BCUT2D eigenvalue weighted by Crippen LogP contribution is 2.27. The number of carbonyl (C=O) groups is 3. The molecule has 1 heterocycles. The molecule has 1 saturated heterocycles. The Morgan fingerprint density at radius 2 is 1.83 bits per heavy atom. The highest BCUT2D eigenvalue weighted by molar-refractivity contribution is 5.91. The molecule has 0 radical (unpaired) electrons. The van der Waals surface area contributed by atoms with E-state index in [0.29, 0.717) is 19.6 Å². The van der Waals surface area contributed by atoms with Crippen LogP contribution in [0.1, 0.15) is 46.5 Å². The van der Waals surface area contributed by atoms with Crippen molar-refractivity contribution in [3.63, 3.8) is 0 Å². The summed E-state index contributed by atoms with van der Waals surface area (Å²) in [5.41, 5.74) is 0.753. The third kappa shape index (κ3) is 5.12. The highest BCUT2D eigenvalue weighted by atomic mass is 16.2. The smallest absolute Gasteiger partial charge is 0.322 e. The fourth-order valence-electron chi connectivity index (χ4n) is 4.00. The first-order valence-corrected chi connectivity index (χ1v) is 11.1. The minimum absolute atomic E-state index is 0.00817. The summed E-state index contributed by atoms with van der Waals surface area (Å²) in [6, 6.07) is 8.60. The van der Waals surface area contributed by atoms with Gasteiger partial charge < -0.3 is 20.4 Å². The van der Waals surface area contributed by atoms with Gasteiger partial charge in [0.15, 0.2) is 0 Å². The van der Waals surface area contributed by atoms with Crippen LogP contribution in [0.15, 0.2) is 30.3 Å². The zero-order chi connectivity index (χ0) is 21.7. The highest BCUT2D eigenvalue weighted by Gasteiger charge is 2.36. The number of hydrogen-bond acceptors (Lipinski definition) is 3. The molecule has 2 fully saturated rings. The molecule has 2 aliphatic rings. The van der Waals surface area contributed by atoms with Gasteiger partial charge in [-0.3, -0.25) is 9.59 Å². The van der Waals surface area contributed by atoms with Crippen LogP contribution >= 0.6 is 0 Å². The van der Waals surface area contributed by atoms with Crippen LogP contribution in [0.4, 0.5) is 10.5 Å². The second-order valence-electron chi connectivity index (χ2n) is 8.62. The van der Waals surface area contributed by atoms with E-state index in [-0.39, 0.29) is 35.7 Å². The van der Waals surface area contributed by atoms with E-state index in [4.69, 9.17) is 0 Å². The summed E-state index contributed by atoms with van der Waals surface area (Å²) >= 11 is 0. The van der Waals surface area contributed by atoms with Crippen LogP contribution < -0.4 is 10.6 Å². The molecule has 1 aromatic carbocycles. The topological polar surface area (TPSA) is 81.8 Å². The Hall–Kier alpha value is -2.57. The van der Waals surface area contributed by atoms with Crippen molar-refractivity contribution < 1.29 is 14.4 Å². The first-order valence-electron chi connectivity index (χ1n) is 11.1. The quantitative estimate of drug-likeness (QED) is 0.751. The fraction of sp³-hybridized carbons (Fsp3) is 0.609. The number of hydrogen-bond donors (Lipinski definition) is 2. The number of carbonyl (C=O) groups excluding carboxylic acids is 3. The number of rotatable bonds is 6. The van der Waals surface area contributed by atoms with E-state index in [1.165, 1.54) is 0 Å². The number of piperazine rings is 1. The lowest BCUT2D eigenvalue weighted by Gasteiger charge is -2.41. The van der Waals surface area contributed by atoms with Gasteiger partial charge in [0.05, 0.1) is 0 Å². The number of para-hydroxylation sites is 1. The number of urea groups is 1. The van der Waals surface area contributed by atoms with E-state index in [1.807, 2.05) is 51.1 Å². The second-order valence-corrected chi connectivity index (χ2v) is 8.62. The van der Waals surface area contributed by atoms with Gasteiger partial charge in [-0.15, -0.1) is 0 Å². The van der Waals surface area contributed by atoms with Crippen LogP contribution in [-0.4, -0.2) is 59.4 Å². The van der Waals surface area contributed by atoms with Gasteiger partial charge in [0.2, 0.25) is 11.8 Å². The normalized spacial score (nSPS) is 21.4. The molecule has 164 valence electrons. The zero-order valence-corrected chi connectivity index (χ0v) is 18.3. The van der Waals surface area contributed by atoms with Gasteiger partial charge in [-0.1, -0.05) is 44.9 Å². The van der Waals surface area contributed by atoms with Gasteiger partial charge >= 0.3 is 6.03 Å². The molecular weight excluding hydrogens is 380 g/mol. The summed E-state index contributed by atoms with van der Waals surface area (Å²) in [6.45, 7) is 7.40. The minimum Gasteiger partial charge on any atom is -0.344 e. The molecule has 1 aliphatic carbocycles. The molecule has 4 amide bonds. The molecule has 30 heavy (non-hydrogen) atoms. The van der Waals surface area contributed by atoms with Crippen molar-refractivity contribution in [1.29, 1.82) is 0 Å². The van der Waals surface area contributed by atoms with Crippen LogP contribution in [0.25, 0.3) is 0 Å². The van der Waals surface area contributed by atoms with Crippen molar-refractivity contribution in [3.05, 3.63) is 30.3 Å². The number of anilines is 1. The zero-order valence-electron chi connectivity index (χ0n) is 18.3. The Morgan fingerprint density at radius 1 is 1.13 bits per heavy atom. The van der Waals surface area contributed by atoms with Crippen molar-refractivity contribution in [2.24, 2.45) is 11.8 Å². The van der Waals surface area contributed by atoms with E-state index in [2.05, 4.69) is 10.6 Å². The van der Waals surface area contributed by atoms with Crippen molar-refractivity contribution in [1.82, 2.24) is 15.1 Å². The average Bonchev–Trinajstić information content (AvgIpc) is 2.70. The molecular formula is C23H34N4O3. The van der Waals surface area contributed by atoms with Crippen molar-refractivity contribution in [3.8, 4) is 0 Å². The van der Waals surface area contributed by atoms with Crippen molar-refractivity contribution in [2.45, 2.75) is 58.5 Å². The maximum Gasteiger partial charge on any atom is 0.322 e. The molecule has 0 spiro atoms. The van der Waals surface area contributed by atoms with Gasteiger partial charge in [0.1, 0.15) is 6.04 Å². The monoisotopic (exact) mass is 414 g/mol. The van der Waals surface area contributed by atoms with Crippen LogP contribution in [0.3, 0.4) is 0 Å². The van der Waals surface area contributed by atoms with Crippen LogP contribution in [-0.2, 0) is 9.59 Å². The minimum atomic E-state index is -0.500. The molecule has 1 aromatic rings. The van der Waals surface area contributed by atoms with Crippen molar-refractivity contribution >= 4 is 23.5 Å². The molecule has 1 saturated carbocycles. The van der Waals surface area contributed by atoms with Crippen LogP contribution in [0.2, 0.25) is 0 Å². The molecule has 0 aromatic heterocycles. The third-order valence-corrected chi connectivity index (χ3v) is 6.48. The van der Waals surface area contributed by atoms with Gasteiger partial charge in [-0.25, -0.2) is 4.79 Å². The van der Waals surface area contributed by atoms with E-state index in [1.54, 1.807) is 9.80 Å². The number of nitrogens with zero attached hydrogens (tertiary/aromatic N) is 2. The fourth-order valence-corrected chi connectivity index (χ4v) is 4.00. The van der Waals surface area contributed by atoms with Gasteiger partial charge in [-0.2, -0.15) is 0 Å². The predicted molar refractivity (Wildman–Crippen MR) is 117 cm³/mol. The Labute approximate surface area is 179 Å². The summed E-state index contributed by atoms with van der Waals surface area (Å²) in [6.07, 6.45) is 3.74. The number of nitrogens with one attached hydrogen (secondary N) is 2. The molecule has 1 aliphatic heterocycles. The Bertz CT molecular complexity index is 750. The van der Waals surface area contributed by atoms with Gasteiger partial charge in [-0.05, 0) is 37.8 Å². The van der Waals surface area contributed by atoms with E-state index < -0.39 is 6.04 Å². The third-order valence-electron chi connectivity index (χ3n) is 6.48. The van der Waals surface area contributed by atoms with Crippen molar-refractivity contribution in [2.75, 3.05) is 25.0 Å². The molecule has 7 nitrogen and oxygen atoms in total. The van der Waals surface area contributed by atoms with E-state index in [0.717, 1.165) is 31.4 Å². The van der Waals surface area contributed by atoms with E-state index >= 15 is 0 Å². The predicted octanol–water partition coefficient (Wildman–Crippen LogP) is 3.08. The number of amides is 4. The maximum absolute atomic E-state index is 13.3. The number of benzene rings is 1. The summed E-state index contributed by atoms with van der Waals surface area (Å²) in [4.78, 5) is 42.0. The SMILES string of the molecule is CCC(C)C(NC(=O)C1CCC1)C(=O)N1CCN(C(=O)Nc2ccccc2)C(C)C1. The summed E-state index contributed by atoms with van der Waals surface area (Å²) in [7, 11) is 0. The molecule has 7 heteroatoms. The van der Waals surface area contributed by atoms with Crippen LogP contribution in [0, 0.1) is 11.8 Å². The lowest BCUT2D eigenvalue weighted by Crippen LogP contribution is -2.61. The van der Waals surface area contributed by atoms with Gasteiger partial charge in [0, 0.05) is 37.3 Å². The largest absolute Gasteiger partial charge is 0.344 e. The molecule has 2 N–H and O–H groups in total. The second kappa shape index (κ2) is 9.96. The lowest BCUT2D eigenvalue weighted by atomic mass is 9.84. The Balaban J connectivity index is 1.59. The molecule has 3 unspecified atom stereocenters. The molecule has 3 atom stereocenters. The van der Waals surface area contributed by atoms with E-state index in [9.17, 15) is 14.4 Å². The first kappa shape index (κ1) is 22.1.